The Morgan fingerprint density at radius 2 is 2.29 bits per heavy atom. The highest BCUT2D eigenvalue weighted by molar-refractivity contribution is 7.13. The molecule has 0 atom stereocenters. The summed E-state index contributed by atoms with van der Waals surface area (Å²) in [6, 6.07) is 2.35. The number of hydrogen-bond acceptors (Lipinski definition) is 4. The number of hydrogen-bond donors (Lipinski definition) is 0. The zero-order valence-corrected chi connectivity index (χ0v) is 7.92. The van der Waals surface area contributed by atoms with E-state index in [1.807, 2.05) is 0 Å². The summed E-state index contributed by atoms with van der Waals surface area (Å²) in [5.41, 5.74) is -0.291. The number of rotatable bonds is 2. The van der Waals surface area contributed by atoms with Crippen molar-refractivity contribution in [3.63, 3.8) is 0 Å². The van der Waals surface area contributed by atoms with Crippen LogP contribution in [-0.2, 0) is 0 Å². The fourth-order valence-corrected chi connectivity index (χ4v) is 1.62. The quantitative estimate of drug-likeness (QED) is 0.766. The average molecular weight is 215 g/mol. The molecule has 0 saturated carbocycles. The van der Waals surface area contributed by atoms with Gasteiger partial charge in [0, 0.05) is 6.07 Å². The van der Waals surface area contributed by atoms with Gasteiger partial charge in [0.15, 0.2) is 0 Å². The molecule has 0 aliphatic carbocycles. The second-order valence-electron chi connectivity index (χ2n) is 2.49. The lowest BCUT2D eigenvalue weighted by Crippen LogP contribution is -2.01. The molecule has 2 rings (SSSR count). The molecule has 14 heavy (non-hydrogen) atoms. The number of aromatic nitrogens is 4. The molecule has 2 aromatic heterocycles. The summed E-state index contributed by atoms with van der Waals surface area (Å²) in [7, 11) is 0. The molecule has 0 amide bonds. The SMILES string of the molecule is Cc1nnc(-n2nc[c]c2C(F)F)s1. The van der Waals surface area contributed by atoms with E-state index in [-0.39, 0.29) is 5.69 Å². The van der Waals surface area contributed by atoms with Crippen molar-refractivity contribution in [1.82, 2.24) is 20.0 Å². The van der Waals surface area contributed by atoms with Crippen LogP contribution in [0.15, 0.2) is 6.20 Å². The molecule has 0 unspecified atom stereocenters. The van der Waals surface area contributed by atoms with Crippen LogP contribution in [0, 0.1) is 13.0 Å². The Labute approximate surface area is 82.2 Å². The molecule has 0 aromatic carbocycles. The zero-order chi connectivity index (χ0) is 10.1. The Balaban J connectivity index is 2.46. The van der Waals surface area contributed by atoms with Gasteiger partial charge in [-0.3, -0.25) is 0 Å². The summed E-state index contributed by atoms with van der Waals surface area (Å²) in [6.07, 6.45) is -1.42. The van der Waals surface area contributed by atoms with Gasteiger partial charge < -0.3 is 0 Å². The fourth-order valence-electron chi connectivity index (χ4n) is 0.956. The van der Waals surface area contributed by atoms with Gasteiger partial charge in [0.25, 0.3) is 6.43 Å². The van der Waals surface area contributed by atoms with E-state index in [1.165, 1.54) is 17.5 Å². The Morgan fingerprint density at radius 1 is 1.50 bits per heavy atom. The number of aryl methyl sites for hydroxylation is 1. The van der Waals surface area contributed by atoms with Gasteiger partial charge in [0.05, 0.1) is 6.20 Å². The number of nitrogens with zero attached hydrogens (tertiary/aromatic N) is 4. The van der Waals surface area contributed by atoms with Crippen LogP contribution in [0.2, 0.25) is 0 Å². The number of halogens is 2. The van der Waals surface area contributed by atoms with Crippen LogP contribution >= 0.6 is 11.3 Å². The van der Waals surface area contributed by atoms with Crippen molar-refractivity contribution >= 4 is 11.3 Å². The molecule has 2 aromatic rings. The fraction of sp³-hybridized carbons (Fsp3) is 0.286. The van der Waals surface area contributed by atoms with Crippen molar-refractivity contribution < 1.29 is 8.78 Å². The van der Waals surface area contributed by atoms with Crippen LogP contribution in [0.4, 0.5) is 8.78 Å². The summed E-state index contributed by atoms with van der Waals surface area (Å²) < 4.78 is 25.9. The van der Waals surface area contributed by atoms with Gasteiger partial charge in [-0.05, 0) is 6.92 Å². The topological polar surface area (TPSA) is 43.6 Å². The largest absolute Gasteiger partial charge is 0.281 e. The van der Waals surface area contributed by atoms with E-state index >= 15 is 0 Å². The van der Waals surface area contributed by atoms with Crippen molar-refractivity contribution in [2.75, 3.05) is 0 Å². The Morgan fingerprint density at radius 3 is 2.86 bits per heavy atom. The van der Waals surface area contributed by atoms with Crippen LogP contribution in [0.5, 0.6) is 0 Å². The first-order valence-corrected chi connectivity index (χ1v) is 4.54. The van der Waals surface area contributed by atoms with E-state index in [1.54, 1.807) is 6.92 Å². The van der Waals surface area contributed by atoms with E-state index < -0.39 is 6.43 Å². The third-order valence-electron chi connectivity index (χ3n) is 1.52. The van der Waals surface area contributed by atoms with E-state index in [4.69, 9.17) is 0 Å². The van der Waals surface area contributed by atoms with Gasteiger partial charge in [0.2, 0.25) is 5.13 Å². The van der Waals surface area contributed by atoms with E-state index in [2.05, 4.69) is 21.4 Å². The zero-order valence-electron chi connectivity index (χ0n) is 7.11. The number of alkyl halides is 2. The van der Waals surface area contributed by atoms with Crippen molar-refractivity contribution in [2.45, 2.75) is 13.3 Å². The molecule has 1 radical (unpaired) electrons. The van der Waals surface area contributed by atoms with E-state index in [0.29, 0.717) is 10.1 Å². The summed E-state index contributed by atoms with van der Waals surface area (Å²) in [4.78, 5) is 0. The maximum Gasteiger partial charge on any atom is 0.281 e. The van der Waals surface area contributed by atoms with Crippen LogP contribution in [0.1, 0.15) is 17.1 Å². The summed E-state index contributed by atoms with van der Waals surface area (Å²) >= 11 is 1.20. The van der Waals surface area contributed by atoms with Crippen LogP contribution in [-0.4, -0.2) is 20.0 Å². The van der Waals surface area contributed by atoms with Gasteiger partial charge in [-0.15, -0.1) is 10.2 Å². The van der Waals surface area contributed by atoms with Crippen molar-refractivity contribution in [3.05, 3.63) is 23.0 Å². The second-order valence-corrected chi connectivity index (χ2v) is 3.65. The average Bonchev–Trinajstić information content (AvgIpc) is 2.70. The third kappa shape index (κ3) is 1.50. The Hall–Kier alpha value is -1.37. The van der Waals surface area contributed by atoms with Crippen LogP contribution in [0.25, 0.3) is 5.13 Å². The second kappa shape index (κ2) is 3.41. The van der Waals surface area contributed by atoms with Crippen molar-refractivity contribution in [1.29, 1.82) is 0 Å². The smallest absolute Gasteiger partial charge is 0.203 e. The van der Waals surface area contributed by atoms with Gasteiger partial charge in [-0.2, -0.15) is 5.10 Å². The van der Waals surface area contributed by atoms with Gasteiger partial charge in [-0.1, -0.05) is 11.3 Å². The van der Waals surface area contributed by atoms with Crippen LogP contribution in [0.3, 0.4) is 0 Å². The predicted molar refractivity (Wildman–Crippen MR) is 45.6 cm³/mol. The van der Waals surface area contributed by atoms with E-state index in [9.17, 15) is 8.78 Å². The van der Waals surface area contributed by atoms with Crippen LogP contribution < -0.4 is 0 Å². The van der Waals surface area contributed by atoms with Crippen molar-refractivity contribution in [3.8, 4) is 5.13 Å². The summed E-state index contributed by atoms with van der Waals surface area (Å²) in [5, 5.41) is 12.2. The molecule has 0 bridgehead atoms. The first-order valence-electron chi connectivity index (χ1n) is 3.72. The molecule has 0 aliphatic rings. The molecular formula is C7H5F2N4S. The maximum atomic E-state index is 12.4. The van der Waals surface area contributed by atoms with Gasteiger partial charge in [0.1, 0.15) is 10.7 Å². The van der Waals surface area contributed by atoms with Gasteiger partial charge in [-0.25, -0.2) is 13.5 Å². The Bertz CT molecular complexity index is 436. The molecular weight excluding hydrogens is 210 g/mol. The molecule has 0 spiro atoms. The molecule has 0 aliphatic heterocycles. The maximum absolute atomic E-state index is 12.4. The molecule has 4 nitrogen and oxygen atoms in total. The van der Waals surface area contributed by atoms with Crippen molar-refractivity contribution in [2.24, 2.45) is 0 Å². The minimum Gasteiger partial charge on any atom is -0.203 e. The highest BCUT2D eigenvalue weighted by atomic mass is 32.1. The molecule has 0 N–H and O–H groups in total. The molecule has 7 heteroatoms. The molecule has 2 heterocycles. The normalized spacial score (nSPS) is 11.1. The highest BCUT2D eigenvalue weighted by Crippen LogP contribution is 2.22. The summed E-state index contributed by atoms with van der Waals surface area (Å²) in [5.74, 6) is 0. The standard InChI is InChI=1S/C7H5F2N4S/c1-4-11-12-7(14-4)13-5(6(8)9)2-3-10-13/h3,6H,1H3. The molecule has 0 fully saturated rings. The lowest BCUT2D eigenvalue weighted by atomic mass is 10.4. The lowest BCUT2D eigenvalue weighted by Gasteiger charge is -2.00. The first kappa shape index (κ1) is 9.20. The minimum absolute atomic E-state index is 0.291. The highest BCUT2D eigenvalue weighted by Gasteiger charge is 2.17. The van der Waals surface area contributed by atoms with Gasteiger partial charge >= 0.3 is 0 Å². The lowest BCUT2D eigenvalue weighted by molar-refractivity contribution is 0.142. The summed E-state index contributed by atoms with van der Waals surface area (Å²) in [6.45, 7) is 1.75. The Kier molecular flexibility index (Phi) is 2.24. The first-order chi connectivity index (χ1) is 6.68. The van der Waals surface area contributed by atoms with E-state index in [0.717, 1.165) is 4.68 Å². The molecule has 73 valence electrons. The third-order valence-corrected chi connectivity index (χ3v) is 2.33. The molecule has 0 saturated heterocycles. The minimum atomic E-state index is -2.61. The monoisotopic (exact) mass is 215 g/mol. The predicted octanol–water partition coefficient (Wildman–Crippen LogP) is 1.77.